The Morgan fingerprint density at radius 1 is 0.733 bits per heavy atom. The van der Waals surface area contributed by atoms with Crippen LogP contribution in [0.3, 0.4) is 0 Å². The molecule has 4 atom stereocenters. The summed E-state index contributed by atoms with van der Waals surface area (Å²) >= 11 is 2.48. The van der Waals surface area contributed by atoms with Crippen molar-refractivity contribution in [2.75, 3.05) is 0 Å². The third-order valence-corrected chi connectivity index (χ3v) is 7.74. The van der Waals surface area contributed by atoms with Gasteiger partial charge in [-0.05, 0) is 0 Å². The number of allylic oxidation sites excluding steroid dienone is 4. The van der Waals surface area contributed by atoms with Crippen LogP contribution in [0, 0.1) is 23.2 Å². The van der Waals surface area contributed by atoms with Crippen molar-refractivity contribution in [1.82, 2.24) is 0 Å². The molecule has 0 aliphatic heterocycles. The quantitative estimate of drug-likeness (QED) is 0.422. The van der Waals surface area contributed by atoms with Crippen LogP contribution in [0.15, 0.2) is 85.0 Å². The molecule has 158 valence electrons. The van der Waals surface area contributed by atoms with E-state index in [1.807, 2.05) is 0 Å². The second-order valence-corrected chi connectivity index (χ2v) is 10.3. The summed E-state index contributed by atoms with van der Waals surface area (Å²) in [7, 11) is 0. The molecule has 0 spiro atoms. The van der Waals surface area contributed by atoms with Gasteiger partial charge in [-0.2, -0.15) is 0 Å². The fraction of sp³-hybridized carbons (Fsp3) is 0.385. The predicted octanol–water partition coefficient (Wildman–Crippen LogP) is -2.26. The van der Waals surface area contributed by atoms with Gasteiger partial charge in [0.15, 0.2) is 0 Å². The van der Waals surface area contributed by atoms with Gasteiger partial charge in [-0.15, -0.1) is 0 Å². The first kappa shape index (κ1) is 27.5. The number of halogens is 3. The zero-order valence-corrected chi connectivity index (χ0v) is 21.6. The topological polar surface area (TPSA) is 0 Å². The Hall–Kier alpha value is -0.496. The summed E-state index contributed by atoms with van der Waals surface area (Å²) in [5.74, 6) is 1.85. The van der Waals surface area contributed by atoms with Crippen LogP contribution < -0.4 is 37.2 Å². The first-order valence-electron chi connectivity index (χ1n) is 10.1. The minimum absolute atomic E-state index is 0. The molecule has 0 radical (unpaired) electrons. The van der Waals surface area contributed by atoms with Crippen LogP contribution in [0.5, 0.6) is 0 Å². The Bertz CT molecular complexity index is 800. The van der Waals surface area contributed by atoms with Crippen LogP contribution in [-0.2, 0) is 25.9 Å². The molecule has 0 aromatic heterocycles. The Morgan fingerprint density at radius 3 is 1.67 bits per heavy atom. The number of hydrogen-bond acceptors (Lipinski definition) is 0. The van der Waals surface area contributed by atoms with Crippen molar-refractivity contribution in [1.29, 1.82) is 0 Å². The van der Waals surface area contributed by atoms with E-state index in [2.05, 4.69) is 126 Å². The molecular weight excluding hydrogens is 467 g/mol. The SMILES string of the molecule is CC(C)(C)C(c1ccccc1)(c1ccccc1)C1[CH]([Ti+3])CC2C=CC=CC21.[Cl-].[Cl-].[Cl-]. The van der Waals surface area contributed by atoms with Crippen molar-refractivity contribution < 1.29 is 57.7 Å². The van der Waals surface area contributed by atoms with Gasteiger partial charge in [-0.1, -0.05) is 0 Å². The van der Waals surface area contributed by atoms with E-state index in [0.717, 1.165) is 0 Å². The van der Waals surface area contributed by atoms with Crippen molar-refractivity contribution in [2.24, 2.45) is 23.2 Å². The molecular formula is C26H29Cl3Ti. The van der Waals surface area contributed by atoms with Crippen molar-refractivity contribution in [3.05, 3.63) is 96.1 Å². The molecule has 1 fully saturated rings. The average Bonchev–Trinajstić information content (AvgIpc) is 3.00. The maximum atomic E-state index is 2.49. The molecule has 4 unspecified atom stereocenters. The van der Waals surface area contributed by atoms with Crippen molar-refractivity contribution in [3.8, 4) is 0 Å². The molecule has 30 heavy (non-hydrogen) atoms. The molecule has 2 aromatic carbocycles. The van der Waals surface area contributed by atoms with Gasteiger partial charge in [-0.25, -0.2) is 0 Å². The van der Waals surface area contributed by atoms with E-state index < -0.39 is 0 Å². The standard InChI is InChI=1S/C26H29.3ClH.Ti/c1-25(2,3)26(21-13-6-4-7-14-21,22-15-8-5-9-16-22)24-19-18-20-12-10-11-17-23(20)24;;;;/h4-17,19-20,23-24H,18H2,1-3H3;3*1H;/q;;;;+3/p-3. The smallest absolute Gasteiger partial charge is 1.00 e. The summed E-state index contributed by atoms with van der Waals surface area (Å²) < 4.78 is 0.673. The molecule has 0 nitrogen and oxygen atoms in total. The van der Waals surface area contributed by atoms with Gasteiger partial charge in [0.1, 0.15) is 0 Å². The Labute approximate surface area is 212 Å². The largest absolute Gasteiger partial charge is 1.00 e. The van der Waals surface area contributed by atoms with E-state index in [0.29, 0.717) is 22.0 Å². The summed E-state index contributed by atoms with van der Waals surface area (Å²) in [5.41, 5.74) is 3.00. The zero-order chi connectivity index (χ0) is 19.1. The summed E-state index contributed by atoms with van der Waals surface area (Å²) in [6.45, 7) is 7.32. The third-order valence-electron chi connectivity index (χ3n) is 6.81. The maximum absolute atomic E-state index is 2.49. The maximum Gasteiger partial charge on any atom is -1.00 e. The van der Waals surface area contributed by atoms with Crippen LogP contribution in [-0.4, -0.2) is 0 Å². The number of benzene rings is 2. The molecule has 0 saturated heterocycles. The predicted molar refractivity (Wildman–Crippen MR) is 110 cm³/mol. The monoisotopic (exact) mass is 494 g/mol. The third kappa shape index (κ3) is 4.50. The molecule has 2 aliphatic carbocycles. The van der Waals surface area contributed by atoms with Crippen LogP contribution in [0.4, 0.5) is 0 Å². The molecule has 0 amide bonds. The number of fused-ring (bicyclic) bond motifs is 1. The van der Waals surface area contributed by atoms with Gasteiger partial charge in [0.25, 0.3) is 0 Å². The molecule has 4 heteroatoms. The molecule has 0 N–H and O–H groups in total. The average molecular weight is 496 g/mol. The van der Waals surface area contributed by atoms with Crippen LogP contribution in [0.25, 0.3) is 0 Å². The number of hydrogen-bond donors (Lipinski definition) is 0. The Balaban J connectivity index is 0.00000150. The van der Waals surface area contributed by atoms with Gasteiger partial charge < -0.3 is 37.2 Å². The van der Waals surface area contributed by atoms with Crippen molar-refractivity contribution in [3.63, 3.8) is 0 Å². The molecule has 4 rings (SSSR count). The first-order valence-corrected chi connectivity index (χ1v) is 11.0. The van der Waals surface area contributed by atoms with Gasteiger partial charge in [-0.3, -0.25) is 0 Å². The Morgan fingerprint density at radius 2 is 1.20 bits per heavy atom. The Kier molecular flexibility index (Phi) is 9.99. The van der Waals surface area contributed by atoms with Crippen LogP contribution in [0.1, 0.15) is 38.3 Å². The van der Waals surface area contributed by atoms with E-state index >= 15 is 0 Å². The summed E-state index contributed by atoms with van der Waals surface area (Å²) in [6.07, 6.45) is 10.7. The van der Waals surface area contributed by atoms with E-state index in [4.69, 9.17) is 0 Å². The molecule has 0 heterocycles. The first-order chi connectivity index (χ1) is 13.0. The fourth-order valence-corrected chi connectivity index (χ4v) is 7.07. The molecule has 2 aliphatic rings. The fourth-order valence-electron chi connectivity index (χ4n) is 5.91. The molecule has 0 bridgehead atoms. The van der Waals surface area contributed by atoms with Gasteiger partial charge in [0.05, 0.1) is 0 Å². The molecule has 2 aromatic rings. The van der Waals surface area contributed by atoms with E-state index in [9.17, 15) is 0 Å². The normalized spacial score (nSPS) is 24.8. The summed E-state index contributed by atoms with van der Waals surface area (Å²) in [4.78, 5) is 0. The summed E-state index contributed by atoms with van der Waals surface area (Å²) in [6, 6.07) is 22.6. The van der Waals surface area contributed by atoms with Gasteiger partial charge >= 0.3 is 177 Å². The van der Waals surface area contributed by atoms with E-state index in [1.54, 1.807) is 0 Å². The van der Waals surface area contributed by atoms with Gasteiger partial charge in [0.2, 0.25) is 0 Å². The van der Waals surface area contributed by atoms with Crippen molar-refractivity contribution >= 4 is 0 Å². The van der Waals surface area contributed by atoms with Crippen LogP contribution in [0.2, 0.25) is 4.22 Å². The van der Waals surface area contributed by atoms with Gasteiger partial charge in [0, 0.05) is 0 Å². The van der Waals surface area contributed by atoms with E-state index in [1.165, 1.54) is 17.5 Å². The van der Waals surface area contributed by atoms with Crippen molar-refractivity contribution in [2.45, 2.75) is 36.8 Å². The number of rotatable bonds is 3. The summed E-state index contributed by atoms with van der Waals surface area (Å²) in [5, 5.41) is 0. The van der Waals surface area contributed by atoms with E-state index in [-0.39, 0.29) is 48.1 Å². The zero-order valence-electron chi connectivity index (χ0n) is 17.7. The minimum Gasteiger partial charge on any atom is -1.00 e. The minimum atomic E-state index is -0.0239. The second-order valence-electron chi connectivity index (χ2n) is 9.17. The molecule has 1 saturated carbocycles. The second kappa shape index (κ2) is 10.9. The van der Waals surface area contributed by atoms with Crippen LogP contribution >= 0.6 is 0 Å².